The summed E-state index contributed by atoms with van der Waals surface area (Å²) in [5, 5.41) is 10.3. The fourth-order valence-electron chi connectivity index (χ4n) is 3.66. The Morgan fingerprint density at radius 3 is 2.18 bits per heavy atom. The first-order valence-electron chi connectivity index (χ1n) is 10.4. The number of ether oxygens (including phenoxy) is 1. The van der Waals surface area contributed by atoms with E-state index in [1.165, 1.54) is 31.3 Å². The summed E-state index contributed by atoms with van der Waals surface area (Å²) in [6.07, 6.45) is 1.60. The zero-order chi connectivity index (χ0) is 24.6. The number of fused-ring (bicyclic) bond motifs is 1. The van der Waals surface area contributed by atoms with Crippen molar-refractivity contribution in [1.29, 1.82) is 0 Å². The number of carbonyl (C=O) groups is 1. The van der Waals surface area contributed by atoms with Crippen LogP contribution in [0.5, 0.6) is 11.5 Å². The Bertz CT molecular complexity index is 1470. The molecule has 176 valence electrons. The average molecular weight is 484 g/mol. The van der Waals surface area contributed by atoms with Gasteiger partial charge in [-0.1, -0.05) is 6.92 Å². The molecule has 0 radical (unpaired) electrons. The van der Waals surface area contributed by atoms with Gasteiger partial charge in [0.15, 0.2) is 0 Å². The predicted octanol–water partition coefficient (Wildman–Crippen LogP) is 5.69. The maximum Gasteiger partial charge on any atom is 0.340 e. The van der Waals surface area contributed by atoms with Crippen molar-refractivity contribution < 1.29 is 31.9 Å². The van der Waals surface area contributed by atoms with Gasteiger partial charge in [-0.2, -0.15) is 0 Å². The molecule has 1 aromatic heterocycles. The number of aryl methyl sites for hydroxylation is 1. The maximum atomic E-state index is 13.1. The second-order valence-electron chi connectivity index (χ2n) is 7.75. The number of benzene rings is 3. The molecule has 0 aliphatic rings. The summed E-state index contributed by atoms with van der Waals surface area (Å²) in [6, 6.07) is 15.4. The third-order valence-electron chi connectivity index (χ3n) is 5.49. The van der Waals surface area contributed by atoms with Gasteiger partial charge in [-0.25, -0.2) is 17.6 Å². The molecule has 0 atom stereocenters. The first-order chi connectivity index (χ1) is 16.1. The van der Waals surface area contributed by atoms with Crippen molar-refractivity contribution in [2.24, 2.45) is 0 Å². The van der Waals surface area contributed by atoms with Gasteiger partial charge in [0.2, 0.25) is 10.0 Å². The quantitative estimate of drug-likeness (QED) is 0.363. The van der Waals surface area contributed by atoms with Crippen LogP contribution in [0.2, 0.25) is 0 Å². The van der Waals surface area contributed by atoms with Crippen LogP contribution in [0.3, 0.4) is 0 Å². The van der Waals surface area contributed by atoms with Crippen molar-refractivity contribution in [1.82, 2.24) is 0 Å². The molecule has 1 heterocycles. The molecule has 0 aliphatic heterocycles. The molecule has 1 N–H and O–H groups in total. The number of hydrogen-bond acceptors (Lipinski definition) is 5. The van der Waals surface area contributed by atoms with Crippen LogP contribution in [-0.4, -0.2) is 32.8 Å². The van der Waals surface area contributed by atoms with E-state index >= 15 is 0 Å². The number of hydrogen-bond donors (Lipinski definition) is 1. The van der Waals surface area contributed by atoms with Crippen LogP contribution in [-0.2, 0) is 16.4 Å². The monoisotopic (exact) mass is 483 g/mol. The summed E-state index contributed by atoms with van der Waals surface area (Å²) >= 11 is 0. The molecule has 3 aromatic carbocycles. The lowest BCUT2D eigenvalue weighted by Crippen LogP contribution is -2.25. The zero-order valence-electron chi connectivity index (χ0n) is 18.7. The van der Waals surface area contributed by atoms with Crippen molar-refractivity contribution in [3.8, 4) is 22.8 Å². The topological polar surface area (TPSA) is 97.1 Å². The fraction of sp³-hybridized carbons (Fsp3) is 0.160. The third-order valence-corrected chi connectivity index (χ3v) is 6.68. The Balaban J connectivity index is 1.78. The van der Waals surface area contributed by atoms with E-state index in [1.54, 1.807) is 36.4 Å². The van der Waals surface area contributed by atoms with E-state index in [0.29, 0.717) is 40.1 Å². The van der Waals surface area contributed by atoms with Crippen LogP contribution in [0.4, 0.5) is 10.1 Å². The van der Waals surface area contributed by atoms with E-state index in [1.807, 2.05) is 6.92 Å². The van der Waals surface area contributed by atoms with Gasteiger partial charge in [0, 0.05) is 24.1 Å². The maximum absolute atomic E-state index is 13.1. The molecule has 4 rings (SSSR count). The van der Waals surface area contributed by atoms with E-state index in [-0.39, 0.29) is 22.7 Å². The van der Waals surface area contributed by atoms with Crippen LogP contribution in [0.25, 0.3) is 22.3 Å². The van der Waals surface area contributed by atoms with E-state index < -0.39 is 16.0 Å². The Labute approximate surface area is 196 Å². The van der Waals surface area contributed by atoms with Crippen molar-refractivity contribution in [3.63, 3.8) is 0 Å². The van der Waals surface area contributed by atoms with E-state index in [4.69, 9.17) is 9.15 Å². The fourth-order valence-corrected chi connectivity index (χ4v) is 4.19. The molecule has 0 aliphatic carbocycles. The summed E-state index contributed by atoms with van der Waals surface area (Å²) in [7, 11) is -2.08. The third kappa shape index (κ3) is 4.47. The molecule has 34 heavy (non-hydrogen) atoms. The largest absolute Gasteiger partial charge is 0.478 e. The number of anilines is 1. The van der Waals surface area contributed by atoms with Gasteiger partial charge in [-0.05, 0) is 66.6 Å². The highest BCUT2D eigenvalue weighted by molar-refractivity contribution is 7.92. The molecule has 0 bridgehead atoms. The van der Waals surface area contributed by atoms with Gasteiger partial charge in [0.05, 0.1) is 11.9 Å². The van der Waals surface area contributed by atoms with Crippen molar-refractivity contribution >= 4 is 32.6 Å². The highest BCUT2D eigenvalue weighted by Gasteiger charge is 2.25. The molecule has 9 heteroatoms. The number of carboxylic acid groups (broad SMARTS) is 1. The Hall–Kier alpha value is -3.85. The van der Waals surface area contributed by atoms with Gasteiger partial charge < -0.3 is 14.3 Å². The lowest BCUT2D eigenvalue weighted by molar-refractivity contribution is 0.0699. The smallest absolute Gasteiger partial charge is 0.340 e. The molecule has 0 unspecified atom stereocenters. The predicted molar refractivity (Wildman–Crippen MR) is 128 cm³/mol. The van der Waals surface area contributed by atoms with Crippen molar-refractivity contribution in [3.05, 3.63) is 77.6 Å². The Morgan fingerprint density at radius 1 is 1.06 bits per heavy atom. The summed E-state index contributed by atoms with van der Waals surface area (Å²) in [5.41, 5.74) is 1.87. The van der Waals surface area contributed by atoms with Crippen LogP contribution in [0.15, 0.2) is 65.1 Å². The minimum atomic E-state index is -3.52. The minimum absolute atomic E-state index is 0.00883. The second-order valence-corrected chi connectivity index (χ2v) is 9.77. The number of rotatable bonds is 7. The SMILES string of the molecule is CCc1cc2c(C(=O)O)c(-c3ccc(Oc4ccc(F)cc4)cc3)oc2cc1N(C)S(C)(=O)=O. The lowest BCUT2D eigenvalue weighted by atomic mass is 10.0. The van der Waals surface area contributed by atoms with Crippen LogP contribution < -0.4 is 9.04 Å². The van der Waals surface area contributed by atoms with Crippen molar-refractivity contribution in [2.45, 2.75) is 13.3 Å². The van der Waals surface area contributed by atoms with Gasteiger partial charge in [-0.15, -0.1) is 0 Å². The summed E-state index contributed by atoms with van der Waals surface area (Å²) in [4.78, 5) is 12.2. The molecule has 4 aromatic rings. The van der Waals surface area contributed by atoms with E-state index in [9.17, 15) is 22.7 Å². The minimum Gasteiger partial charge on any atom is -0.478 e. The summed E-state index contributed by atoms with van der Waals surface area (Å²) in [6.45, 7) is 1.86. The van der Waals surface area contributed by atoms with Crippen LogP contribution >= 0.6 is 0 Å². The second kappa shape index (κ2) is 8.83. The van der Waals surface area contributed by atoms with Gasteiger partial charge in [-0.3, -0.25) is 4.31 Å². The zero-order valence-corrected chi connectivity index (χ0v) is 19.5. The molecule has 7 nitrogen and oxygen atoms in total. The molecular weight excluding hydrogens is 461 g/mol. The van der Waals surface area contributed by atoms with Gasteiger partial charge in [0.1, 0.15) is 34.2 Å². The highest BCUT2D eigenvalue weighted by Crippen LogP contribution is 2.38. The summed E-state index contributed by atoms with van der Waals surface area (Å²) < 4.78 is 50.0. The average Bonchev–Trinajstić information content (AvgIpc) is 3.17. The first-order valence-corrected chi connectivity index (χ1v) is 12.2. The van der Waals surface area contributed by atoms with E-state index in [2.05, 4.69) is 0 Å². The van der Waals surface area contributed by atoms with Crippen LogP contribution in [0, 0.1) is 5.82 Å². The summed E-state index contributed by atoms with van der Waals surface area (Å²) in [5.74, 6) is -0.443. The van der Waals surface area contributed by atoms with E-state index in [0.717, 1.165) is 10.6 Å². The number of sulfonamides is 1. The van der Waals surface area contributed by atoms with Gasteiger partial charge in [0.25, 0.3) is 0 Å². The molecule has 0 saturated carbocycles. The molecule has 0 spiro atoms. The normalized spacial score (nSPS) is 11.5. The Morgan fingerprint density at radius 2 is 1.65 bits per heavy atom. The highest BCUT2D eigenvalue weighted by atomic mass is 32.2. The van der Waals surface area contributed by atoms with Crippen LogP contribution in [0.1, 0.15) is 22.8 Å². The number of nitrogens with zero attached hydrogens (tertiary/aromatic N) is 1. The number of aromatic carboxylic acids is 1. The Kier molecular flexibility index (Phi) is 6.05. The number of furan rings is 1. The lowest BCUT2D eigenvalue weighted by Gasteiger charge is -2.19. The molecule has 0 fully saturated rings. The van der Waals surface area contributed by atoms with Gasteiger partial charge >= 0.3 is 5.97 Å². The van der Waals surface area contributed by atoms with Crippen molar-refractivity contribution in [2.75, 3.05) is 17.6 Å². The molecular formula is C25H22FNO6S. The number of halogens is 1. The first kappa shape index (κ1) is 23.3. The molecule has 0 saturated heterocycles. The standard InChI is InChI=1S/C25H22FNO6S/c1-4-15-13-20-22(14-21(15)27(2)34(3,30)31)33-24(23(20)25(28)29)16-5-9-18(10-6-16)32-19-11-7-17(26)8-12-19/h5-14H,4H2,1-3H3,(H,28,29). The number of carboxylic acids is 1. The molecule has 0 amide bonds.